The Morgan fingerprint density at radius 3 is 2.70 bits per heavy atom. The Morgan fingerprint density at radius 2 is 2.05 bits per heavy atom. The summed E-state index contributed by atoms with van der Waals surface area (Å²) in [4.78, 5) is 20.4. The van der Waals surface area contributed by atoms with Crippen LogP contribution >= 0.6 is 0 Å². The molecule has 1 amide bonds. The number of rotatable bonds is 7. The molecule has 6 nitrogen and oxygen atoms in total. The molecule has 1 aromatic heterocycles. The lowest BCUT2D eigenvalue weighted by Crippen LogP contribution is -2.49. The van der Waals surface area contributed by atoms with Crippen LogP contribution < -0.4 is 0 Å². The van der Waals surface area contributed by atoms with E-state index in [0.29, 0.717) is 6.54 Å². The lowest BCUT2D eigenvalue weighted by atomic mass is 10.2. The highest BCUT2D eigenvalue weighted by Crippen LogP contribution is 2.05. The average Bonchev–Trinajstić information content (AvgIpc) is 2.97. The van der Waals surface area contributed by atoms with E-state index in [1.54, 1.807) is 19.6 Å². The molecule has 1 fully saturated rings. The fourth-order valence-electron chi connectivity index (χ4n) is 2.44. The van der Waals surface area contributed by atoms with Crippen LogP contribution in [0.4, 0.5) is 0 Å². The Morgan fingerprint density at radius 1 is 1.25 bits per heavy atom. The van der Waals surface area contributed by atoms with E-state index in [-0.39, 0.29) is 5.91 Å². The number of aromatic nitrogens is 2. The molecule has 0 spiro atoms. The topological polar surface area (TPSA) is 50.6 Å². The summed E-state index contributed by atoms with van der Waals surface area (Å²) in [6.07, 6.45) is 7.48. The highest BCUT2D eigenvalue weighted by molar-refractivity contribution is 5.76. The number of nitrogens with zero attached hydrogens (tertiary/aromatic N) is 4. The monoisotopic (exact) mass is 280 g/mol. The van der Waals surface area contributed by atoms with E-state index in [4.69, 9.17) is 4.74 Å². The molecule has 0 unspecified atom stereocenters. The van der Waals surface area contributed by atoms with Gasteiger partial charge < -0.3 is 14.2 Å². The third kappa shape index (κ3) is 4.61. The predicted octanol–water partition coefficient (Wildman–Crippen LogP) is 0.454. The number of ether oxygens (including phenoxy) is 1. The van der Waals surface area contributed by atoms with Crippen LogP contribution in [0.25, 0.3) is 0 Å². The minimum Gasteiger partial charge on any atom is -0.385 e. The van der Waals surface area contributed by atoms with Gasteiger partial charge in [0, 0.05) is 52.3 Å². The fraction of sp³-hybridized carbons (Fsp3) is 0.714. The van der Waals surface area contributed by atoms with Crippen LogP contribution in [0.2, 0.25) is 0 Å². The first-order valence-corrected chi connectivity index (χ1v) is 7.24. The molecular weight excluding hydrogens is 256 g/mol. The van der Waals surface area contributed by atoms with E-state index >= 15 is 0 Å². The van der Waals surface area contributed by atoms with Gasteiger partial charge in [0.25, 0.3) is 0 Å². The van der Waals surface area contributed by atoms with Crippen LogP contribution in [0.3, 0.4) is 0 Å². The molecule has 1 aliphatic heterocycles. The number of carbonyl (C=O) groups is 1. The summed E-state index contributed by atoms with van der Waals surface area (Å²) in [7, 11) is 1.74. The Bertz CT molecular complexity index is 386. The van der Waals surface area contributed by atoms with Crippen LogP contribution in [-0.2, 0) is 16.1 Å². The molecule has 20 heavy (non-hydrogen) atoms. The number of hydrogen-bond acceptors (Lipinski definition) is 4. The number of amides is 1. The summed E-state index contributed by atoms with van der Waals surface area (Å²) in [5.74, 6) is 0.182. The smallest absolute Gasteiger partial charge is 0.242 e. The standard InChI is InChI=1S/C14H24N4O2/c1-20-11-3-2-5-16-7-9-18(10-8-16)14(19)12-17-6-4-15-13-17/h4,6,13H,2-3,5,7-12H2,1H3. The maximum Gasteiger partial charge on any atom is 0.242 e. The van der Waals surface area contributed by atoms with Crippen molar-refractivity contribution in [3.8, 4) is 0 Å². The Hall–Kier alpha value is -1.40. The van der Waals surface area contributed by atoms with E-state index in [0.717, 1.165) is 52.2 Å². The summed E-state index contributed by atoms with van der Waals surface area (Å²) in [5, 5.41) is 0. The lowest BCUT2D eigenvalue weighted by Gasteiger charge is -2.34. The van der Waals surface area contributed by atoms with E-state index in [9.17, 15) is 4.79 Å². The van der Waals surface area contributed by atoms with Gasteiger partial charge in [-0.3, -0.25) is 9.69 Å². The van der Waals surface area contributed by atoms with Gasteiger partial charge in [0.2, 0.25) is 5.91 Å². The van der Waals surface area contributed by atoms with Crippen LogP contribution in [-0.4, -0.2) is 71.7 Å². The van der Waals surface area contributed by atoms with Gasteiger partial charge in [-0.15, -0.1) is 0 Å². The molecule has 1 aromatic rings. The van der Waals surface area contributed by atoms with Crippen molar-refractivity contribution in [3.63, 3.8) is 0 Å². The van der Waals surface area contributed by atoms with E-state index in [2.05, 4.69) is 9.88 Å². The zero-order chi connectivity index (χ0) is 14.2. The molecule has 2 rings (SSSR count). The molecular formula is C14H24N4O2. The van der Waals surface area contributed by atoms with Gasteiger partial charge in [-0.1, -0.05) is 0 Å². The summed E-state index contributed by atoms with van der Waals surface area (Å²) in [6.45, 7) is 5.95. The minimum atomic E-state index is 0.182. The Kier molecular flexibility index (Phi) is 6.01. The number of piperazine rings is 1. The second kappa shape index (κ2) is 8.01. The number of imidazole rings is 1. The maximum atomic E-state index is 12.1. The SMILES string of the molecule is COCCCCN1CCN(C(=O)Cn2ccnc2)CC1. The first kappa shape index (κ1) is 15.0. The molecule has 0 aliphatic carbocycles. The zero-order valence-corrected chi connectivity index (χ0v) is 12.2. The van der Waals surface area contributed by atoms with Gasteiger partial charge in [0.15, 0.2) is 0 Å². The Balaban J connectivity index is 1.64. The average molecular weight is 280 g/mol. The zero-order valence-electron chi connectivity index (χ0n) is 12.2. The van der Waals surface area contributed by atoms with Crippen molar-refractivity contribution in [2.45, 2.75) is 19.4 Å². The van der Waals surface area contributed by atoms with E-state index < -0.39 is 0 Å². The third-order valence-corrected chi connectivity index (χ3v) is 3.67. The quantitative estimate of drug-likeness (QED) is 0.681. The first-order valence-electron chi connectivity index (χ1n) is 7.24. The molecule has 0 radical (unpaired) electrons. The maximum absolute atomic E-state index is 12.1. The van der Waals surface area contributed by atoms with Crippen molar-refractivity contribution in [3.05, 3.63) is 18.7 Å². The minimum absolute atomic E-state index is 0.182. The molecule has 0 saturated carbocycles. The summed E-state index contributed by atoms with van der Waals surface area (Å²) in [5.41, 5.74) is 0. The third-order valence-electron chi connectivity index (χ3n) is 3.67. The van der Waals surface area contributed by atoms with Crippen molar-refractivity contribution < 1.29 is 9.53 Å². The van der Waals surface area contributed by atoms with Crippen molar-refractivity contribution in [2.24, 2.45) is 0 Å². The highest BCUT2D eigenvalue weighted by Gasteiger charge is 2.20. The van der Waals surface area contributed by atoms with E-state index in [1.165, 1.54) is 0 Å². The molecule has 6 heteroatoms. The molecule has 0 bridgehead atoms. The van der Waals surface area contributed by atoms with Crippen molar-refractivity contribution in [2.75, 3.05) is 46.4 Å². The van der Waals surface area contributed by atoms with Gasteiger partial charge in [0.1, 0.15) is 6.54 Å². The van der Waals surface area contributed by atoms with Gasteiger partial charge in [-0.05, 0) is 19.4 Å². The summed E-state index contributed by atoms with van der Waals surface area (Å²) < 4.78 is 6.87. The summed E-state index contributed by atoms with van der Waals surface area (Å²) in [6, 6.07) is 0. The summed E-state index contributed by atoms with van der Waals surface area (Å²) >= 11 is 0. The fourth-order valence-corrected chi connectivity index (χ4v) is 2.44. The van der Waals surface area contributed by atoms with E-state index in [1.807, 2.05) is 15.7 Å². The van der Waals surface area contributed by atoms with Crippen LogP contribution in [0, 0.1) is 0 Å². The first-order chi connectivity index (χ1) is 9.79. The van der Waals surface area contributed by atoms with Crippen LogP contribution in [0.15, 0.2) is 18.7 Å². The second-order valence-corrected chi connectivity index (χ2v) is 5.16. The van der Waals surface area contributed by atoms with Gasteiger partial charge in [0.05, 0.1) is 6.33 Å². The number of carbonyl (C=O) groups excluding carboxylic acids is 1. The molecule has 0 N–H and O–H groups in total. The van der Waals surface area contributed by atoms with Crippen molar-refractivity contribution in [1.29, 1.82) is 0 Å². The molecule has 0 atom stereocenters. The molecule has 112 valence electrons. The number of unbranched alkanes of at least 4 members (excludes halogenated alkanes) is 1. The lowest BCUT2D eigenvalue weighted by molar-refractivity contribution is -0.133. The predicted molar refractivity (Wildman–Crippen MR) is 76.4 cm³/mol. The van der Waals surface area contributed by atoms with Gasteiger partial charge >= 0.3 is 0 Å². The van der Waals surface area contributed by atoms with Crippen LogP contribution in [0.1, 0.15) is 12.8 Å². The van der Waals surface area contributed by atoms with Crippen molar-refractivity contribution in [1.82, 2.24) is 19.4 Å². The molecule has 1 saturated heterocycles. The highest BCUT2D eigenvalue weighted by atomic mass is 16.5. The Labute approximate surface area is 120 Å². The van der Waals surface area contributed by atoms with Gasteiger partial charge in [-0.2, -0.15) is 0 Å². The number of methoxy groups -OCH3 is 1. The normalized spacial score (nSPS) is 16.6. The second-order valence-electron chi connectivity index (χ2n) is 5.16. The molecule has 0 aromatic carbocycles. The number of hydrogen-bond donors (Lipinski definition) is 0. The van der Waals surface area contributed by atoms with Crippen molar-refractivity contribution >= 4 is 5.91 Å². The van der Waals surface area contributed by atoms with Gasteiger partial charge in [-0.25, -0.2) is 4.98 Å². The van der Waals surface area contributed by atoms with Crippen LogP contribution in [0.5, 0.6) is 0 Å². The molecule has 1 aliphatic rings. The largest absolute Gasteiger partial charge is 0.385 e. The molecule has 2 heterocycles.